The van der Waals surface area contributed by atoms with Crippen molar-refractivity contribution >= 4 is 69.3 Å². The van der Waals surface area contributed by atoms with Crippen molar-refractivity contribution in [3.05, 3.63) is 77.6 Å². The van der Waals surface area contributed by atoms with Crippen LogP contribution in [0.4, 0.5) is 11.4 Å². The topological polar surface area (TPSA) is 53.8 Å². The second kappa shape index (κ2) is 8.37. The molecule has 1 fully saturated rings. The molecule has 1 saturated heterocycles. The Morgan fingerprint density at radius 3 is 2.29 bits per heavy atom. The highest BCUT2D eigenvalue weighted by Gasteiger charge is 2.34. The van der Waals surface area contributed by atoms with E-state index in [4.69, 9.17) is 16.6 Å². The molecule has 2 aliphatic heterocycles. The Balaban J connectivity index is 1.36. The molecule has 0 atom stereocenters. The van der Waals surface area contributed by atoms with Crippen LogP contribution in [0, 0.1) is 0 Å². The summed E-state index contributed by atoms with van der Waals surface area (Å²) in [5, 5.41) is 0. The van der Waals surface area contributed by atoms with Crippen LogP contribution >= 0.6 is 35.7 Å². The molecule has 8 heteroatoms. The van der Waals surface area contributed by atoms with Crippen molar-refractivity contribution in [2.75, 3.05) is 11.4 Å². The van der Waals surface area contributed by atoms with E-state index in [0.29, 0.717) is 15.0 Å². The number of carbonyl (C=O) groups excluding carboxylic acids is 2. The van der Waals surface area contributed by atoms with Crippen LogP contribution in [-0.4, -0.2) is 27.6 Å². The highest BCUT2D eigenvalue weighted by molar-refractivity contribution is 8.26. The van der Waals surface area contributed by atoms with Gasteiger partial charge in [0.25, 0.3) is 5.91 Å². The van der Waals surface area contributed by atoms with Gasteiger partial charge in [0.1, 0.15) is 10.1 Å². The van der Waals surface area contributed by atoms with Gasteiger partial charge in [-0.2, -0.15) is 0 Å². The van der Waals surface area contributed by atoms with Gasteiger partial charge in [-0.3, -0.25) is 19.4 Å². The molecule has 154 valence electrons. The van der Waals surface area contributed by atoms with Gasteiger partial charge in [0.2, 0.25) is 5.91 Å². The Morgan fingerprint density at radius 1 is 0.968 bits per heavy atom. The van der Waals surface area contributed by atoms with Crippen molar-refractivity contribution in [3.63, 3.8) is 0 Å². The van der Waals surface area contributed by atoms with Gasteiger partial charge in [0.15, 0.2) is 0 Å². The number of nitrogens with zero attached hydrogens (tertiary/aromatic N) is 2. The van der Waals surface area contributed by atoms with Crippen LogP contribution in [0.25, 0.3) is 6.08 Å². The molecule has 0 aliphatic carbocycles. The van der Waals surface area contributed by atoms with Gasteiger partial charge in [-0.05, 0) is 36.4 Å². The van der Waals surface area contributed by atoms with E-state index in [1.165, 1.54) is 16.7 Å². The summed E-state index contributed by atoms with van der Waals surface area (Å²) < 4.78 is 5.74. The first-order chi connectivity index (χ1) is 15.1. The summed E-state index contributed by atoms with van der Waals surface area (Å²) in [6, 6.07) is 19.2. The lowest BCUT2D eigenvalue weighted by Gasteiger charge is -2.31. The number of hydrogen-bond acceptors (Lipinski definition) is 6. The van der Waals surface area contributed by atoms with E-state index in [1.54, 1.807) is 41.1 Å². The molecule has 2 amide bonds. The molecule has 31 heavy (non-hydrogen) atoms. The van der Waals surface area contributed by atoms with Crippen molar-refractivity contribution in [1.82, 2.24) is 4.90 Å². The number of hydrogen-bond donors (Lipinski definition) is 0. The number of thiocarbonyl (C=S) groups is 1. The number of amides is 2. The zero-order valence-electron chi connectivity index (χ0n) is 16.2. The van der Waals surface area contributed by atoms with E-state index in [-0.39, 0.29) is 24.8 Å². The Labute approximate surface area is 193 Å². The van der Waals surface area contributed by atoms with Gasteiger partial charge in [-0.1, -0.05) is 60.0 Å². The largest absolute Gasteiger partial charge is 0.465 e. The summed E-state index contributed by atoms with van der Waals surface area (Å²) in [4.78, 5) is 31.9. The number of anilines is 2. The fourth-order valence-electron chi connectivity index (χ4n) is 3.49. The standard InChI is InChI=1S/C23H16N2O3S3/c26-21(11-12-24-22(27)20(31-23(24)29)14-15-6-5-13-28-15)25-16-7-1-3-9-18(16)30-19-10-4-2-8-17(19)25/h1-10,13-14H,11-12H2. The van der Waals surface area contributed by atoms with Gasteiger partial charge >= 0.3 is 0 Å². The summed E-state index contributed by atoms with van der Waals surface area (Å²) >= 11 is 8.27. The van der Waals surface area contributed by atoms with Crippen LogP contribution in [0.1, 0.15) is 12.2 Å². The number of fused-ring (bicyclic) bond motifs is 2. The second-order valence-corrected chi connectivity index (χ2v) is 9.62. The van der Waals surface area contributed by atoms with E-state index in [1.807, 2.05) is 48.5 Å². The quantitative estimate of drug-likeness (QED) is 0.365. The van der Waals surface area contributed by atoms with Crippen molar-refractivity contribution in [3.8, 4) is 0 Å². The Morgan fingerprint density at radius 2 is 1.65 bits per heavy atom. The first-order valence-electron chi connectivity index (χ1n) is 9.59. The predicted octanol–water partition coefficient (Wildman–Crippen LogP) is 5.70. The number of benzene rings is 2. The predicted molar refractivity (Wildman–Crippen MR) is 127 cm³/mol. The fraction of sp³-hybridized carbons (Fsp3) is 0.0870. The number of para-hydroxylation sites is 2. The van der Waals surface area contributed by atoms with Crippen molar-refractivity contribution in [2.45, 2.75) is 16.2 Å². The third-order valence-electron chi connectivity index (χ3n) is 4.92. The van der Waals surface area contributed by atoms with Crippen LogP contribution in [0.5, 0.6) is 0 Å². The van der Waals surface area contributed by atoms with Crippen LogP contribution in [0.15, 0.2) is 86.0 Å². The highest BCUT2D eigenvalue weighted by Crippen LogP contribution is 2.48. The third kappa shape index (κ3) is 3.82. The zero-order chi connectivity index (χ0) is 21.4. The van der Waals surface area contributed by atoms with Crippen LogP contribution in [0.3, 0.4) is 0 Å². The molecule has 3 aromatic rings. The average Bonchev–Trinajstić information content (AvgIpc) is 3.38. The Hall–Kier alpha value is -2.81. The smallest absolute Gasteiger partial charge is 0.266 e. The van der Waals surface area contributed by atoms with E-state index < -0.39 is 0 Å². The molecular weight excluding hydrogens is 448 g/mol. The van der Waals surface area contributed by atoms with E-state index >= 15 is 0 Å². The molecule has 0 radical (unpaired) electrons. The number of furan rings is 1. The second-order valence-electron chi connectivity index (χ2n) is 6.87. The van der Waals surface area contributed by atoms with E-state index in [0.717, 1.165) is 21.2 Å². The third-order valence-corrected chi connectivity index (χ3v) is 7.43. The molecule has 2 aromatic carbocycles. The van der Waals surface area contributed by atoms with Crippen LogP contribution in [0.2, 0.25) is 0 Å². The van der Waals surface area contributed by atoms with E-state index in [2.05, 4.69) is 0 Å². The average molecular weight is 465 g/mol. The maximum Gasteiger partial charge on any atom is 0.266 e. The number of rotatable bonds is 4. The summed E-state index contributed by atoms with van der Waals surface area (Å²) in [5.74, 6) is 0.314. The maximum atomic E-state index is 13.3. The molecule has 0 spiro atoms. The Bertz CT molecular complexity index is 1170. The van der Waals surface area contributed by atoms with Crippen molar-refractivity contribution in [1.29, 1.82) is 0 Å². The maximum absolute atomic E-state index is 13.3. The minimum Gasteiger partial charge on any atom is -0.465 e. The SMILES string of the molecule is O=C1C(=Cc2ccco2)SC(=S)N1CCC(=O)N1c2ccccc2Sc2ccccc21. The van der Waals surface area contributed by atoms with Gasteiger partial charge in [-0.15, -0.1) is 0 Å². The van der Waals surface area contributed by atoms with Crippen molar-refractivity contribution < 1.29 is 14.0 Å². The highest BCUT2D eigenvalue weighted by atomic mass is 32.2. The van der Waals surface area contributed by atoms with Gasteiger partial charge in [-0.25, -0.2) is 0 Å². The normalized spacial score (nSPS) is 16.6. The fourth-order valence-corrected chi connectivity index (χ4v) is 5.83. The molecule has 5 rings (SSSR count). The van der Waals surface area contributed by atoms with Gasteiger partial charge in [0, 0.05) is 28.8 Å². The molecule has 3 heterocycles. The Kier molecular flexibility index (Phi) is 5.43. The molecule has 0 N–H and O–H groups in total. The van der Waals surface area contributed by atoms with Crippen LogP contribution in [-0.2, 0) is 9.59 Å². The van der Waals surface area contributed by atoms with Crippen LogP contribution < -0.4 is 4.90 Å². The molecular formula is C23H16N2O3S3. The molecule has 0 unspecified atom stereocenters. The number of carbonyl (C=O) groups is 2. The molecule has 1 aromatic heterocycles. The number of thioether (sulfide) groups is 1. The lowest BCUT2D eigenvalue weighted by Crippen LogP contribution is -2.35. The van der Waals surface area contributed by atoms with Crippen molar-refractivity contribution in [2.24, 2.45) is 0 Å². The minimum absolute atomic E-state index is 0.0794. The lowest BCUT2D eigenvalue weighted by atomic mass is 10.2. The molecule has 0 bridgehead atoms. The monoisotopic (exact) mass is 464 g/mol. The minimum atomic E-state index is -0.200. The van der Waals surface area contributed by atoms with Gasteiger partial charge < -0.3 is 4.42 Å². The summed E-state index contributed by atoms with van der Waals surface area (Å²) in [6.45, 7) is 0.229. The first kappa shape index (κ1) is 20.1. The first-order valence-corrected chi connectivity index (χ1v) is 11.6. The molecule has 0 saturated carbocycles. The summed E-state index contributed by atoms with van der Waals surface area (Å²) in [7, 11) is 0. The molecule has 5 nitrogen and oxygen atoms in total. The summed E-state index contributed by atoms with van der Waals surface area (Å²) in [5.41, 5.74) is 1.72. The van der Waals surface area contributed by atoms with E-state index in [9.17, 15) is 9.59 Å². The lowest BCUT2D eigenvalue weighted by molar-refractivity contribution is -0.123. The zero-order valence-corrected chi connectivity index (χ0v) is 18.6. The molecule has 2 aliphatic rings. The van der Waals surface area contributed by atoms with Gasteiger partial charge in [0.05, 0.1) is 22.5 Å². The summed E-state index contributed by atoms with van der Waals surface area (Å²) in [6.07, 6.45) is 3.39.